The second-order valence-electron chi connectivity index (χ2n) is 6.89. The largest absolute Gasteiger partial charge is 0.403 e. The van der Waals surface area contributed by atoms with Crippen molar-refractivity contribution in [2.24, 2.45) is 0 Å². The van der Waals surface area contributed by atoms with Crippen molar-refractivity contribution in [1.29, 1.82) is 0 Å². The van der Waals surface area contributed by atoms with Crippen LogP contribution in [0.1, 0.15) is 36.7 Å². The van der Waals surface area contributed by atoms with Crippen LogP contribution in [0.3, 0.4) is 0 Å². The molecule has 1 amide bonds. The van der Waals surface area contributed by atoms with Gasteiger partial charge < -0.3 is 4.42 Å². The zero-order valence-electron chi connectivity index (χ0n) is 15.2. The van der Waals surface area contributed by atoms with Gasteiger partial charge in [0, 0.05) is 10.5 Å². The van der Waals surface area contributed by atoms with Crippen LogP contribution in [0.25, 0.3) is 11.5 Å². The molecular weight excluding hydrogens is 346 g/mol. The molecule has 0 bridgehead atoms. The van der Waals surface area contributed by atoms with E-state index in [1.165, 1.54) is 5.56 Å². The van der Waals surface area contributed by atoms with Gasteiger partial charge in [0.2, 0.25) is 0 Å². The maximum Gasteiger partial charge on any atom is 0.322 e. The number of nitrogens with one attached hydrogen (secondary N) is 1. The van der Waals surface area contributed by atoms with E-state index >= 15 is 0 Å². The Bertz CT molecular complexity index is 911. The zero-order valence-corrected chi connectivity index (χ0v) is 16.1. The Morgan fingerprint density at radius 1 is 1.04 bits per heavy atom. The first kappa shape index (κ1) is 18.2. The summed E-state index contributed by atoms with van der Waals surface area (Å²) >= 11 is 1.60. The van der Waals surface area contributed by atoms with Gasteiger partial charge in [-0.25, -0.2) is 0 Å². The van der Waals surface area contributed by atoms with Crippen molar-refractivity contribution in [1.82, 2.24) is 10.2 Å². The van der Waals surface area contributed by atoms with Gasteiger partial charge >= 0.3 is 6.01 Å². The molecule has 0 unspecified atom stereocenters. The summed E-state index contributed by atoms with van der Waals surface area (Å²) in [6.07, 6.45) is 1.99. The minimum Gasteiger partial charge on any atom is -0.403 e. The van der Waals surface area contributed by atoms with Gasteiger partial charge in [-0.15, -0.1) is 16.9 Å². The van der Waals surface area contributed by atoms with E-state index < -0.39 is 0 Å². The van der Waals surface area contributed by atoms with Gasteiger partial charge in [0.25, 0.3) is 11.8 Å². The van der Waals surface area contributed by atoms with Crippen molar-refractivity contribution in [2.75, 3.05) is 11.6 Å². The number of aromatic nitrogens is 2. The van der Waals surface area contributed by atoms with E-state index in [1.807, 2.05) is 42.7 Å². The highest BCUT2D eigenvalue weighted by Gasteiger charge is 2.17. The molecule has 1 aromatic heterocycles. The van der Waals surface area contributed by atoms with Crippen LogP contribution in [0.2, 0.25) is 0 Å². The molecule has 26 heavy (non-hydrogen) atoms. The molecule has 0 radical (unpaired) electrons. The number of anilines is 1. The SMILES string of the molecule is CSc1ccccc1-c1nnc(NC(=O)c2ccc(C(C)(C)C)cc2)o1. The summed E-state index contributed by atoms with van der Waals surface area (Å²) in [6, 6.07) is 15.4. The summed E-state index contributed by atoms with van der Waals surface area (Å²) in [5, 5.41) is 10.6. The lowest BCUT2D eigenvalue weighted by molar-refractivity contribution is 0.102. The van der Waals surface area contributed by atoms with Crippen molar-refractivity contribution in [3.8, 4) is 11.5 Å². The number of carbonyl (C=O) groups excluding carboxylic acids is 1. The second kappa shape index (κ2) is 7.33. The molecule has 5 nitrogen and oxygen atoms in total. The highest BCUT2D eigenvalue weighted by Crippen LogP contribution is 2.29. The quantitative estimate of drug-likeness (QED) is 0.657. The van der Waals surface area contributed by atoms with Crippen molar-refractivity contribution < 1.29 is 9.21 Å². The lowest BCUT2D eigenvalue weighted by Gasteiger charge is -2.18. The smallest absolute Gasteiger partial charge is 0.322 e. The molecule has 2 aromatic carbocycles. The minimum atomic E-state index is -0.279. The van der Waals surface area contributed by atoms with Gasteiger partial charge in [-0.1, -0.05) is 50.1 Å². The first-order valence-corrected chi connectivity index (χ1v) is 9.50. The van der Waals surface area contributed by atoms with E-state index in [2.05, 4.69) is 36.3 Å². The molecule has 3 aromatic rings. The summed E-state index contributed by atoms with van der Waals surface area (Å²) in [5.74, 6) is 0.104. The molecule has 134 valence electrons. The summed E-state index contributed by atoms with van der Waals surface area (Å²) in [4.78, 5) is 13.4. The number of nitrogens with zero attached hydrogens (tertiary/aromatic N) is 2. The molecule has 0 aliphatic carbocycles. The Morgan fingerprint density at radius 2 is 1.73 bits per heavy atom. The third-order valence-electron chi connectivity index (χ3n) is 4.00. The molecule has 0 aliphatic heterocycles. The number of rotatable bonds is 4. The van der Waals surface area contributed by atoms with Crippen LogP contribution in [-0.2, 0) is 5.41 Å². The number of amides is 1. The number of hydrogen-bond donors (Lipinski definition) is 1. The molecule has 0 atom stereocenters. The average molecular weight is 367 g/mol. The number of hydrogen-bond acceptors (Lipinski definition) is 5. The predicted molar refractivity (Wildman–Crippen MR) is 105 cm³/mol. The predicted octanol–water partition coefficient (Wildman–Crippen LogP) is 5.01. The van der Waals surface area contributed by atoms with Crippen LogP contribution >= 0.6 is 11.8 Å². The van der Waals surface area contributed by atoms with Crippen molar-refractivity contribution in [2.45, 2.75) is 31.1 Å². The molecule has 1 N–H and O–H groups in total. The molecule has 1 heterocycles. The Hall–Kier alpha value is -2.60. The Balaban J connectivity index is 1.76. The standard InChI is InChI=1S/C20H21N3O2S/c1-20(2,3)14-11-9-13(10-12-14)17(24)21-19-23-22-18(25-19)15-7-5-6-8-16(15)26-4/h5-12H,1-4H3,(H,21,23,24). The van der Waals surface area contributed by atoms with E-state index in [0.29, 0.717) is 11.5 Å². The number of benzene rings is 2. The lowest BCUT2D eigenvalue weighted by Crippen LogP contribution is -2.14. The minimum absolute atomic E-state index is 0.0427. The molecule has 0 aliphatic rings. The fourth-order valence-corrected chi connectivity index (χ4v) is 3.08. The van der Waals surface area contributed by atoms with Crippen LogP contribution in [0, 0.1) is 0 Å². The van der Waals surface area contributed by atoms with Crippen LogP contribution in [-0.4, -0.2) is 22.4 Å². The summed E-state index contributed by atoms with van der Waals surface area (Å²) < 4.78 is 5.61. The van der Waals surface area contributed by atoms with Crippen molar-refractivity contribution >= 4 is 23.7 Å². The normalized spacial score (nSPS) is 11.4. The van der Waals surface area contributed by atoms with Gasteiger partial charge in [-0.05, 0) is 41.5 Å². The number of carbonyl (C=O) groups is 1. The van der Waals surface area contributed by atoms with Crippen LogP contribution in [0.4, 0.5) is 6.01 Å². The topological polar surface area (TPSA) is 68.0 Å². The lowest BCUT2D eigenvalue weighted by atomic mass is 9.87. The van der Waals surface area contributed by atoms with E-state index in [0.717, 1.165) is 10.5 Å². The first-order valence-electron chi connectivity index (χ1n) is 8.27. The first-order chi connectivity index (χ1) is 12.4. The van der Waals surface area contributed by atoms with Gasteiger partial charge in [0.1, 0.15) is 0 Å². The van der Waals surface area contributed by atoms with E-state index in [1.54, 1.807) is 23.9 Å². The summed E-state index contributed by atoms with van der Waals surface area (Å²) in [7, 11) is 0. The van der Waals surface area contributed by atoms with Gasteiger partial charge in [-0.3, -0.25) is 10.1 Å². The third kappa shape index (κ3) is 3.96. The van der Waals surface area contributed by atoms with E-state index in [-0.39, 0.29) is 17.3 Å². The monoisotopic (exact) mass is 367 g/mol. The van der Waals surface area contributed by atoms with Gasteiger partial charge in [0.15, 0.2) is 0 Å². The fraction of sp³-hybridized carbons (Fsp3) is 0.250. The average Bonchev–Trinajstić information content (AvgIpc) is 3.09. The Morgan fingerprint density at radius 3 is 2.38 bits per heavy atom. The summed E-state index contributed by atoms with van der Waals surface area (Å²) in [6.45, 7) is 6.40. The third-order valence-corrected chi connectivity index (χ3v) is 4.79. The molecule has 3 rings (SSSR count). The van der Waals surface area contributed by atoms with Crippen LogP contribution in [0.15, 0.2) is 57.8 Å². The molecular formula is C20H21N3O2S. The second-order valence-corrected chi connectivity index (χ2v) is 7.74. The van der Waals surface area contributed by atoms with Gasteiger partial charge in [-0.2, -0.15) is 0 Å². The van der Waals surface area contributed by atoms with E-state index in [9.17, 15) is 4.79 Å². The molecule has 0 saturated carbocycles. The van der Waals surface area contributed by atoms with Crippen LogP contribution in [0.5, 0.6) is 0 Å². The maximum absolute atomic E-state index is 12.4. The van der Waals surface area contributed by atoms with E-state index in [4.69, 9.17) is 4.42 Å². The van der Waals surface area contributed by atoms with Crippen LogP contribution < -0.4 is 5.32 Å². The summed E-state index contributed by atoms with van der Waals surface area (Å²) in [5.41, 5.74) is 2.61. The zero-order chi connectivity index (χ0) is 18.7. The maximum atomic E-state index is 12.4. The highest BCUT2D eigenvalue weighted by molar-refractivity contribution is 7.98. The van der Waals surface area contributed by atoms with Crippen molar-refractivity contribution in [3.05, 3.63) is 59.7 Å². The Labute approximate surface area is 157 Å². The van der Waals surface area contributed by atoms with Gasteiger partial charge in [0.05, 0.1) is 5.56 Å². The fourth-order valence-electron chi connectivity index (χ4n) is 2.49. The molecule has 0 spiro atoms. The molecule has 6 heteroatoms. The molecule has 0 fully saturated rings. The Kier molecular flexibility index (Phi) is 5.13. The highest BCUT2D eigenvalue weighted by atomic mass is 32.2. The molecule has 0 saturated heterocycles. The van der Waals surface area contributed by atoms with Crippen molar-refractivity contribution in [3.63, 3.8) is 0 Å². The number of thioether (sulfide) groups is 1.